The molecule has 0 aliphatic carbocycles. The normalized spacial score (nSPS) is 14.7. The highest BCUT2D eigenvalue weighted by Crippen LogP contribution is 2.44. The van der Waals surface area contributed by atoms with Gasteiger partial charge in [-0.3, -0.25) is 0 Å². The molecule has 1 nitrogen and oxygen atoms in total. The lowest BCUT2D eigenvalue weighted by Crippen LogP contribution is -2.39. The van der Waals surface area contributed by atoms with Gasteiger partial charge in [0, 0.05) is 0 Å². The van der Waals surface area contributed by atoms with Crippen LogP contribution < -0.4 is 0 Å². The summed E-state index contributed by atoms with van der Waals surface area (Å²) in [7, 11) is -0.934. The number of benzene rings is 1. The minimum Gasteiger partial charge on any atom is -0.409 e. The number of hydrogen-bond acceptors (Lipinski definition) is 1. The van der Waals surface area contributed by atoms with Crippen molar-refractivity contribution in [2.45, 2.75) is 71.1 Å². The predicted octanol–water partition coefficient (Wildman–Crippen LogP) is 5.75. The fraction of sp³-hybridized carbons (Fsp3) is 0.647. The Balaban J connectivity index is 2.95. The topological polar surface area (TPSA) is 9.23 Å². The Morgan fingerprint density at radius 2 is 1.42 bits per heavy atom. The predicted molar refractivity (Wildman–Crippen MR) is 85.7 cm³/mol. The van der Waals surface area contributed by atoms with Crippen LogP contribution in [0.25, 0.3) is 0 Å². The maximum atomic E-state index is 6.62. The molecule has 0 amide bonds. The van der Waals surface area contributed by atoms with Gasteiger partial charge < -0.3 is 4.43 Å². The molecule has 0 N–H and O–H groups in total. The van der Waals surface area contributed by atoms with Gasteiger partial charge >= 0.3 is 0 Å². The average molecular weight is 278 g/mol. The third kappa shape index (κ3) is 4.77. The Kier molecular flexibility index (Phi) is 5.40. The highest BCUT2D eigenvalue weighted by molar-refractivity contribution is 6.58. The van der Waals surface area contributed by atoms with Crippen LogP contribution in [0.15, 0.2) is 30.3 Å². The summed E-state index contributed by atoms with van der Waals surface area (Å²) in [6.45, 7) is 16.1. The fourth-order valence-corrected chi connectivity index (χ4v) is 6.22. The molecule has 0 aliphatic rings. The summed E-state index contributed by atoms with van der Waals surface area (Å²) in [6.07, 6.45) is 1.26. The van der Waals surface area contributed by atoms with E-state index < -0.39 is 9.04 Å². The van der Waals surface area contributed by atoms with Gasteiger partial charge in [0.2, 0.25) is 9.04 Å². The maximum Gasteiger partial charge on any atom is 0.223 e. The minimum atomic E-state index is -0.934. The van der Waals surface area contributed by atoms with Gasteiger partial charge in [0.15, 0.2) is 0 Å². The summed E-state index contributed by atoms with van der Waals surface area (Å²) in [5.41, 5.74) is 1.31. The maximum absolute atomic E-state index is 6.62. The van der Waals surface area contributed by atoms with Crippen LogP contribution in [0.1, 0.15) is 66.6 Å². The van der Waals surface area contributed by atoms with Crippen molar-refractivity contribution in [2.75, 3.05) is 0 Å². The average Bonchev–Trinajstić information content (AvgIpc) is 2.28. The van der Waals surface area contributed by atoms with E-state index in [-0.39, 0.29) is 16.2 Å². The molecule has 1 rings (SSSR count). The third-order valence-corrected chi connectivity index (χ3v) is 6.41. The Bertz CT molecular complexity index is 358. The van der Waals surface area contributed by atoms with Crippen LogP contribution in [0, 0.1) is 0 Å². The first-order chi connectivity index (χ1) is 8.66. The first kappa shape index (κ1) is 16.5. The summed E-state index contributed by atoms with van der Waals surface area (Å²) in [5.74, 6) is 0. The molecule has 0 saturated carbocycles. The Morgan fingerprint density at radius 1 is 0.947 bits per heavy atom. The highest BCUT2D eigenvalue weighted by Gasteiger charge is 2.40. The van der Waals surface area contributed by atoms with Crippen LogP contribution in [-0.4, -0.2) is 9.04 Å². The lowest BCUT2D eigenvalue weighted by atomic mass is 10.1. The molecule has 0 aliphatic heterocycles. The van der Waals surface area contributed by atoms with E-state index in [1.165, 1.54) is 5.56 Å². The van der Waals surface area contributed by atoms with Gasteiger partial charge in [-0.1, -0.05) is 78.8 Å². The molecular weight excluding hydrogens is 248 g/mol. The molecule has 0 aromatic heterocycles. The van der Waals surface area contributed by atoms with Crippen LogP contribution in [0.2, 0.25) is 10.1 Å². The molecule has 2 heteroatoms. The second-order valence-corrected chi connectivity index (χ2v) is 11.1. The van der Waals surface area contributed by atoms with Crippen molar-refractivity contribution in [3.05, 3.63) is 35.9 Å². The van der Waals surface area contributed by atoms with E-state index in [1.807, 2.05) is 0 Å². The zero-order chi connectivity index (χ0) is 14.7. The van der Waals surface area contributed by atoms with E-state index in [4.69, 9.17) is 4.43 Å². The zero-order valence-electron chi connectivity index (χ0n) is 13.6. The van der Waals surface area contributed by atoms with Gasteiger partial charge in [-0.05, 0) is 22.1 Å². The van der Waals surface area contributed by atoms with Crippen molar-refractivity contribution in [1.29, 1.82) is 0 Å². The van der Waals surface area contributed by atoms with E-state index in [2.05, 4.69) is 78.8 Å². The molecule has 1 aromatic rings. The Labute approximate surface area is 121 Å². The Hall–Kier alpha value is -0.603. The number of hydrogen-bond donors (Lipinski definition) is 0. The van der Waals surface area contributed by atoms with Crippen molar-refractivity contribution in [2.24, 2.45) is 0 Å². The second kappa shape index (κ2) is 6.23. The number of rotatable bonds is 4. The molecule has 0 saturated heterocycles. The SMILES string of the molecule is CCC(O[Si](C(C)(C)C)C(C)(C)C)c1ccccc1. The second-order valence-electron chi connectivity index (χ2n) is 7.25. The van der Waals surface area contributed by atoms with Gasteiger partial charge in [-0.25, -0.2) is 0 Å². The standard InChI is InChI=1S/C17H29OSi/c1-8-15(14-12-10-9-11-13-14)18-19(16(2,3)4)17(5,6)7/h9-13,15H,8H2,1-7H3. The van der Waals surface area contributed by atoms with Gasteiger partial charge in [0.25, 0.3) is 0 Å². The van der Waals surface area contributed by atoms with Gasteiger partial charge in [0.05, 0.1) is 6.10 Å². The lowest BCUT2D eigenvalue weighted by Gasteiger charge is -2.40. The quantitative estimate of drug-likeness (QED) is 0.637. The van der Waals surface area contributed by atoms with E-state index in [0.29, 0.717) is 0 Å². The summed E-state index contributed by atoms with van der Waals surface area (Å²) < 4.78 is 6.62. The fourth-order valence-electron chi connectivity index (χ4n) is 2.68. The highest BCUT2D eigenvalue weighted by atomic mass is 28.3. The van der Waals surface area contributed by atoms with Crippen molar-refractivity contribution >= 4 is 9.04 Å². The zero-order valence-corrected chi connectivity index (χ0v) is 14.6. The molecule has 0 heterocycles. The van der Waals surface area contributed by atoms with Crippen LogP contribution in [0.3, 0.4) is 0 Å². The smallest absolute Gasteiger partial charge is 0.223 e. The van der Waals surface area contributed by atoms with Gasteiger partial charge in [0.1, 0.15) is 0 Å². The monoisotopic (exact) mass is 277 g/mol. The van der Waals surface area contributed by atoms with Gasteiger partial charge in [-0.15, -0.1) is 0 Å². The molecule has 0 spiro atoms. The van der Waals surface area contributed by atoms with E-state index in [1.54, 1.807) is 0 Å². The van der Waals surface area contributed by atoms with Crippen LogP contribution in [-0.2, 0) is 4.43 Å². The molecule has 0 fully saturated rings. The summed E-state index contributed by atoms with van der Waals surface area (Å²) >= 11 is 0. The first-order valence-electron chi connectivity index (χ1n) is 7.25. The van der Waals surface area contributed by atoms with Crippen LogP contribution >= 0.6 is 0 Å². The van der Waals surface area contributed by atoms with Crippen molar-refractivity contribution in [3.8, 4) is 0 Å². The molecule has 0 bridgehead atoms. The van der Waals surface area contributed by atoms with Crippen LogP contribution in [0.4, 0.5) is 0 Å². The van der Waals surface area contributed by atoms with Crippen LogP contribution in [0.5, 0.6) is 0 Å². The molecule has 1 aromatic carbocycles. The molecular formula is C17H29OSi. The van der Waals surface area contributed by atoms with E-state index in [0.717, 1.165) is 6.42 Å². The Morgan fingerprint density at radius 3 is 1.79 bits per heavy atom. The molecule has 1 radical (unpaired) electrons. The summed E-state index contributed by atoms with van der Waals surface area (Å²) in [6, 6.07) is 10.6. The largest absolute Gasteiger partial charge is 0.409 e. The third-order valence-electron chi connectivity index (χ3n) is 3.16. The van der Waals surface area contributed by atoms with E-state index in [9.17, 15) is 0 Å². The molecule has 107 valence electrons. The minimum absolute atomic E-state index is 0.230. The van der Waals surface area contributed by atoms with E-state index >= 15 is 0 Å². The lowest BCUT2D eigenvalue weighted by molar-refractivity contribution is 0.178. The molecule has 19 heavy (non-hydrogen) atoms. The van der Waals surface area contributed by atoms with Gasteiger partial charge in [-0.2, -0.15) is 0 Å². The van der Waals surface area contributed by atoms with Crippen molar-refractivity contribution in [3.63, 3.8) is 0 Å². The van der Waals surface area contributed by atoms with Crippen molar-refractivity contribution in [1.82, 2.24) is 0 Å². The first-order valence-corrected chi connectivity index (χ1v) is 8.66. The van der Waals surface area contributed by atoms with Crippen molar-refractivity contribution < 1.29 is 4.43 Å². The molecule has 1 unspecified atom stereocenters. The molecule has 1 atom stereocenters. The summed E-state index contributed by atoms with van der Waals surface area (Å²) in [5, 5.41) is 0.482. The summed E-state index contributed by atoms with van der Waals surface area (Å²) in [4.78, 5) is 0.